The standard InChI is InChI=1S/C6H10N2O4/c7-4(9)3-6(8,5(10)11)1-2-12-3/h3H,1-2,8H2,(H2,7,9)(H,10,11). The topological polar surface area (TPSA) is 116 Å². The summed E-state index contributed by atoms with van der Waals surface area (Å²) in [5.74, 6) is -2.10. The van der Waals surface area contributed by atoms with Crippen LogP contribution < -0.4 is 11.5 Å². The summed E-state index contributed by atoms with van der Waals surface area (Å²) in [6, 6.07) is 0. The van der Waals surface area contributed by atoms with E-state index in [0.717, 1.165) is 0 Å². The Morgan fingerprint density at radius 2 is 2.17 bits per heavy atom. The van der Waals surface area contributed by atoms with Crippen LogP contribution in [0.3, 0.4) is 0 Å². The van der Waals surface area contributed by atoms with Gasteiger partial charge >= 0.3 is 5.97 Å². The highest BCUT2D eigenvalue weighted by molar-refractivity contribution is 5.91. The summed E-state index contributed by atoms with van der Waals surface area (Å²) < 4.78 is 4.81. The smallest absolute Gasteiger partial charge is 0.327 e. The van der Waals surface area contributed by atoms with Crippen molar-refractivity contribution < 1.29 is 19.4 Å². The van der Waals surface area contributed by atoms with Gasteiger partial charge < -0.3 is 21.3 Å². The molecule has 1 aliphatic heterocycles. The van der Waals surface area contributed by atoms with Crippen molar-refractivity contribution in [1.29, 1.82) is 0 Å². The number of aliphatic carboxylic acids is 1. The molecule has 0 spiro atoms. The number of amides is 1. The first-order valence-corrected chi connectivity index (χ1v) is 3.41. The van der Waals surface area contributed by atoms with Gasteiger partial charge in [0.2, 0.25) is 5.91 Å². The number of carbonyl (C=O) groups excluding carboxylic acids is 1. The van der Waals surface area contributed by atoms with Crippen molar-refractivity contribution >= 4 is 11.9 Å². The maximum Gasteiger partial charge on any atom is 0.327 e. The van der Waals surface area contributed by atoms with Crippen molar-refractivity contribution in [2.24, 2.45) is 11.5 Å². The van der Waals surface area contributed by atoms with Gasteiger partial charge in [-0.1, -0.05) is 0 Å². The Balaban J connectivity index is 2.89. The molecule has 2 unspecified atom stereocenters. The van der Waals surface area contributed by atoms with Gasteiger partial charge in [-0.05, 0) is 0 Å². The largest absolute Gasteiger partial charge is 0.480 e. The summed E-state index contributed by atoms with van der Waals surface area (Å²) in [5, 5.41) is 8.68. The highest BCUT2D eigenvalue weighted by Crippen LogP contribution is 2.23. The van der Waals surface area contributed by atoms with E-state index < -0.39 is 23.5 Å². The van der Waals surface area contributed by atoms with Crippen LogP contribution in [0.2, 0.25) is 0 Å². The molecule has 1 aliphatic rings. The molecule has 1 saturated heterocycles. The molecule has 1 heterocycles. The molecule has 0 aromatic carbocycles. The van der Waals surface area contributed by atoms with Crippen LogP contribution in [-0.2, 0) is 14.3 Å². The van der Waals surface area contributed by atoms with Crippen molar-refractivity contribution in [3.8, 4) is 0 Å². The van der Waals surface area contributed by atoms with Crippen LogP contribution in [0.1, 0.15) is 6.42 Å². The van der Waals surface area contributed by atoms with Crippen LogP contribution in [0.5, 0.6) is 0 Å². The predicted molar refractivity (Wildman–Crippen MR) is 38.1 cm³/mol. The van der Waals surface area contributed by atoms with E-state index in [1.165, 1.54) is 0 Å². The van der Waals surface area contributed by atoms with Gasteiger partial charge in [-0.3, -0.25) is 9.59 Å². The van der Waals surface area contributed by atoms with Crippen molar-refractivity contribution in [3.05, 3.63) is 0 Å². The first kappa shape index (κ1) is 8.95. The van der Waals surface area contributed by atoms with Crippen LogP contribution in [0, 0.1) is 0 Å². The van der Waals surface area contributed by atoms with Gasteiger partial charge in [-0.25, -0.2) is 0 Å². The number of carboxylic acids is 1. The van der Waals surface area contributed by atoms with E-state index in [9.17, 15) is 9.59 Å². The molecule has 6 nitrogen and oxygen atoms in total. The number of nitrogens with two attached hydrogens (primary N) is 2. The van der Waals surface area contributed by atoms with Gasteiger partial charge in [0.05, 0.1) is 6.61 Å². The fourth-order valence-electron chi connectivity index (χ4n) is 1.18. The Kier molecular flexibility index (Phi) is 2.03. The lowest BCUT2D eigenvalue weighted by molar-refractivity contribution is -0.149. The van der Waals surface area contributed by atoms with Crippen LogP contribution in [0.25, 0.3) is 0 Å². The first-order chi connectivity index (χ1) is 5.48. The molecule has 0 bridgehead atoms. The van der Waals surface area contributed by atoms with Gasteiger partial charge in [0.25, 0.3) is 0 Å². The van der Waals surface area contributed by atoms with E-state index in [1.54, 1.807) is 0 Å². The molecule has 0 aromatic rings. The quantitative estimate of drug-likeness (QED) is 0.449. The van der Waals surface area contributed by atoms with E-state index >= 15 is 0 Å². The Bertz CT molecular complexity index is 230. The zero-order valence-corrected chi connectivity index (χ0v) is 6.32. The van der Waals surface area contributed by atoms with Gasteiger partial charge in [0, 0.05) is 6.42 Å². The number of carboxylic acid groups (broad SMARTS) is 1. The Morgan fingerprint density at radius 1 is 1.58 bits per heavy atom. The monoisotopic (exact) mass is 174 g/mol. The Hall–Kier alpha value is -1.14. The molecule has 2 atom stereocenters. The summed E-state index contributed by atoms with van der Waals surface area (Å²) in [6.45, 7) is 0.149. The van der Waals surface area contributed by atoms with E-state index in [2.05, 4.69) is 0 Å². The fourth-order valence-corrected chi connectivity index (χ4v) is 1.18. The number of rotatable bonds is 2. The zero-order chi connectivity index (χ0) is 9.35. The number of primary amides is 1. The molecule has 5 N–H and O–H groups in total. The molecule has 1 rings (SSSR count). The summed E-state index contributed by atoms with van der Waals surface area (Å²) in [6.07, 6.45) is -1.11. The molecule has 0 radical (unpaired) electrons. The summed E-state index contributed by atoms with van der Waals surface area (Å²) in [7, 11) is 0. The minimum absolute atomic E-state index is 0.107. The molecule has 1 fully saturated rings. The first-order valence-electron chi connectivity index (χ1n) is 3.41. The summed E-state index contributed by atoms with van der Waals surface area (Å²) in [4.78, 5) is 21.3. The molecule has 0 saturated carbocycles. The third kappa shape index (κ3) is 1.15. The zero-order valence-electron chi connectivity index (χ0n) is 6.32. The average Bonchev–Trinajstić information content (AvgIpc) is 2.32. The summed E-state index contributed by atoms with van der Waals surface area (Å²) >= 11 is 0. The molecule has 12 heavy (non-hydrogen) atoms. The van der Waals surface area contributed by atoms with E-state index in [-0.39, 0.29) is 13.0 Å². The van der Waals surface area contributed by atoms with Gasteiger partial charge in [-0.15, -0.1) is 0 Å². The second-order valence-corrected chi connectivity index (χ2v) is 2.75. The third-order valence-electron chi connectivity index (χ3n) is 1.92. The fraction of sp³-hybridized carbons (Fsp3) is 0.667. The molecular weight excluding hydrogens is 164 g/mol. The number of ether oxygens (including phenoxy) is 1. The lowest BCUT2D eigenvalue weighted by Crippen LogP contribution is -2.58. The molecule has 68 valence electrons. The number of carbonyl (C=O) groups is 2. The minimum atomic E-state index is -1.65. The average molecular weight is 174 g/mol. The van der Waals surface area contributed by atoms with Crippen molar-refractivity contribution in [1.82, 2.24) is 0 Å². The van der Waals surface area contributed by atoms with Gasteiger partial charge in [-0.2, -0.15) is 0 Å². The van der Waals surface area contributed by atoms with Crippen molar-refractivity contribution in [2.75, 3.05) is 6.61 Å². The van der Waals surface area contributed by atoms with Crippen molar-refractivity contribution in [3.63, 3.8) is 0 Å². The Labute approximate surface area is 68.5 Å². The lowest BCUT2D eigenvalue weighted by atomic mass is 9.92. The lowest BCUT2D eigenvalue weighted by Gasteiger charge is -2.21. The van der Waals surface area contributed by atoms with Gasteiger partial charge in [0.15, 0.2) is 11.6 Å². The molecular formula is C6H10N2O4. The van der Waals surface area contributed by atoms with Crippen molar-refractivity contribution in [2.45, 2.75) is 18.1 Å². The minimum Gasteiger partial charge on any atom is -0.480 e. The molecule has 1 amide bonds. The molecule has 0 aliphatic carbocycles. The van der Waals surface area contributed by atoms with Crippen LogP contribution in [0.15, 0.2) is 0 Å². The Morgan fingerprint density at radius 3 is 2.50 bits per heavy atom. The maximum absolute atomic E-state index is 10.7. The maximum atomic E-state index is 10.7. The molecule has 0 aromatic heterocycles. The second kappa shape index (κ2) is 2.72. The van der Waals surface area contributed by atoms with Gasteiger partial charge in [0.1, 0.15) is 0 Å². The summed E-state index contributed by atoms with van der Waals surface area (Å²) in [5.41, 5.74) is 8.68. The SMILES string of the molecule is NC(=O)C1OCCC1(N)C(=O)O. The highest BCUT2D eigenvalue weighted by atomic mass is 16.5. The second-order valence-electron chi connectivity index (χ2n) is 2.75. The highest BCUT2D eigenvalue weighted by Gasteiger charge is 2.50. The van der Waals surface area contributed by atoms with E-state index in [1.807, 2.05) is 0 Å². The molecule has 6 heteroatoms. The van der Waals surface area contributed by atoms with Crippen LogP contribution >= 0.6 is 0 Å². The number of hydrogen-bond donors (Lipinski definition) is 3. The van der Waals surface area contributed by atoms with Crippen LogP contribution in [-0.4, -0.2) is 35.2 Å². The number of hydrogen-bond acceptors (Lipinski definition) is 4. The van der Waals surface area contributed by atoms with E-state index in [0.29, 0.717) is 0 Å². The predicted octanol–water partition coefficient (Wildman–Crippen LogP) is -1.96. The normalized spacial score (nSPS) is 34.9. The third-order valence-corrected chi connectivity index (χ3v) is 1.92. The van der Waals surface area contributed by atoms with E-state index in [4.69, 9.17) is 21.3 Å². The van der Waals surface area contributed by atoms with Crippen LogP contribution in [0.4, 0.5) is 0 Å².